The first kappa shape index (κ1) is 12.7. The SMILES string of the molecule is Cc1csc2nc(-c3ccc(Cl)c(Cl)c3)c(C=O)n12. The Kier molecular flexibility index (Phi) is 3.09. The molecule has 1 aromatic carbocycles. The van der Waals surface area contributed by atoms with Crippen molar-refractivity contribution in [1.29, 1.82) is 0 Å². The van der Waals surface area contributed by atoms with Gasteiger partial charge in [0.15, 0.2) is 11.2 Å². The largest absolute Gasteiger partial charge is 0.296 e. The van der Waals surface area contributed by atoms with Gasteiger partial charge in [0.25, 0.3) is 0 Å². The van der Waals surface area contributed by atoms with Gasteiger partial charge in [-0.3, -0.25) is 9.20 Å². The van der Waals surface area contributed by atoms with Crippen molar-refractivity contribution >= 4 is 45.8 Å². The van der Waals surface area contributed by atoms with E-state index in [0.717, 1.165) is 22.5 Å². The van der Waals surface area contributed by atoms with Crippen molar-refractivity contribution in [3.63, 3.8) is 0 Å². The van der Waals surface area contributed by atoms with Gasteiger partial charge in [-0.15, -0.1) is 11.3 Å². The number of thiazole rings is 1. The zero-order valence-corrected chi connectivity index (χ0v) is 12.2. The van der Waals surface area contributed by atoms with Gasteiger partial charge in [0.2, 0.25) is 0 Å². The van der Waals surface area contributed by atoms with E-state index in [9.17, 15) is 4.79 Å². The number of benzene rings is 1. The third kappa shape index (κ3) is 1.96. The molecule has 19 heavy (non-hydrogen) atoms. The van der Waals surface area contributed by atoms with Gasteiger partial charge < -0.3 is 0 Å². The predicted molar refractivity (Wildman–Crippen MR) is 78.6 cm³/mol. The highest BCUT2D eigenvalue weighted by Gasteiger charge is 2.16. The Hall–Kier alpha value is -1.36. The maximum Gasteiger partial charge on any atom is 0.195 e. The molecule has 6 heteroatoms. The second kappa shape index (κ2) is 4.63. The summed E-state index contributed by atoms with van der Waals surface area (Å²) in [4.78, 5) is 16.6. The maximum absolute atomic E-state index is 11.4. The van der Waals surface area contributed by atoms with Crippen LogP contribution in [0.2, 0.25) is 10.0 Å². The number of aryl methyl sites for hydroxylation is 1. The van der Waals surface area contributed by atoms with Crippen LogP contribution in [0.15, 0.2) is 23.6 Å². The Morgan fingerprint density at radius 2 is 2.11 bits per heavy atom. The summed E-state index contributed by atoms with van der Waals surface area (Å²) in [5.41, 5.74) is 2.93. The standard InChI is InChI=1S/C13H8Cl2N2OS/c1-7-6-19-13-16-12(11(5-18)17(7)13)8-2-3-9(14)10(15)4-8/h2-6H,1H3. The number of imidazole rings is 1. The Morgan fingerprint density at radius 1 is 1.32 bits per heavy atom. The van der Waals surface area contributed by atoms with E-state index in [-0.39, 0.29) is 0 Å². The Morgan fingerprint density at radius 3 is 2.79 bits per heavy atom. The molecule has 3 aromatic rings. The van der Waals surface area contributed by atoms with Crippen molar-refractivity contribution in [2.75, 3.05) is 0 Å². The number of halogens is 2. The van der Waals surface area contributed by atoms with Crippen LogP contribution >= 0.6 is 34.5 Å². The molecule has 0 spiro atoms. The Bertz CT molecular complexity index is 791. The average molecular weight is 311 g/mol. The third-order valence-electron chi connectivity index (χ3n) is 2.87. The molecule has 0 N–H and O–H groups in total. The summed E-state index contributed by atoms with van der Waals surface area (Å²) >= 11 is 13.4. The van der Waals surface area contributed by atoms with Gasteiger partial charge in [0, 0.05) is 16.6 Å². The quantitative estimate of drug-likeness (QED) is 0.653. The summed E-state index contributed by atoms with van der Waals surface area (Å²) in [5.74, 6) is 0. The molecule has 0 saturated heterocycles. The number of aromatic nitrogens is 2. The van der Waals surface area contributed by atoms with E-state index in [2.05, 4.69) is 4.98 Å². The molecule has 3 rings (SSSR count). The number of hydrogen-bond acceptors (Lipinski definition) is 3. The fourth-order valence-corrected chi connectivity index (χ4v) is 3.16. The van der Waals surface area contributed by atoms with Gasteiger partial charge >= 0.3 is 0 Å². The summed E-state index contributed by atoms with van der Waals surface area (Å²) in [7, 11) is 0. The van der Waals surface area contributed by atoms with Crippen LogP contribution in [-0.4, -0.2) is 15.7 Å². The number of fused-ring (bicyclic) bond motifs is 1. The normalized spacial score (nSPS) is 11.1. The molecule has 96 valence electrons. The van der Waals surface area contributed by atoms with E-state index in [0.29, 0.717) is 21.4 Å². The van der Waals surface area contributed by atoms with Crippen LogP contribution in [0.25, 0.3) is 16.2 Å². The molecular weight excluding hydrogens is 303 g/mol. The molecule has 0 aliphatic rings. The summed E-state index contributed by atoms with van der Waals surface area (Å²) < 4.78 is 1.84. The molecule has 0 amide bonds. The highest BCUT2D eigenvalue weighted by molar-refractivity contribution is 7.15. The van der Waals surface area contributed by atoms with Crippen molar-refractivity contribution in [3.05, 3.63) is 45.0 Å². The third-order valence-corrected chi connectivity index (χ3v) is 4.56. The average Bonchev–Trinajstić information content (AvgIpc) is 2.93. The van der Waals surface area contributed by atoms with E-state index in [1.54, 1.807) is 12.1 Å². The lowest BCUT2D eigenvalue weighted by Gasteiger charge is -2.01. The lowest BCUT2D eigenvalue weighted by Crippen LogP contribution is -1.93. The lowest BCUT2D eigenvalue weighted by atomic mass is 10.1. The summed E-state index contributed by atoms with van der Waals surface area (Å²) in [6.45, 7) is 1.94. The minimum absolute atomic E-state index is 0.448. The molecule has 0 bridgehead atoms. The second-order valence-electron chi connectivity index (χ2n) is 4.09. The van der Waals surface area contributed by atoms with Crippen LogP contribution in [0.1, 0.15) is 16.2 Å². The zero-order valence-electron chi connectivity index (χ0n) is 9.85. The van der Waals surface area contributed by atoms with E-state index in [1.807, 2.05) is 22.8 Å². The molecule has 2 heterocycles. The molecular formula is C13H8Cl2N2OS. The lowest BCUT2D eigenvalue weighted by molar-refractivity contribution is 0.111. The first-order valence-corrected chi connectivity index (χ1v) is 7.12. The van der Waals surface area contributed by atoms with Crippen molar-refractivity contribution < 1.29 is 4.79 Å². The van der Waals surface area contributed by atoms with Gasteiger partial charge in [-0.05, 0) is 19.1 Å². The molecule has 0 unspecified atom stereocenters. The molecule has 0 atom stereocenters. The van der Waals surface area contributed by atoms with Gasteiger partial charge in [-0.25, -0.2) is 4.98 Å². The second-order valence-corrected chi connectivity index (χ2v) is 5.74. The number of aldehydes is 1. The van der Waals surface area contributed by atoms with Gasteiger partial charge in [-0.2, -0.15) is 0 Å². The molecule has 3 nitrogen and oxygen atoms in total. The molecule has 0 radical (unpaired) electrons. The first-order valence-electron chi connectivity index (χ1n) is 5.49. The van der Waals surface area contributed by atoms with Crippen molar-refractivity contribution in [3.8, 4) is 11.3 Å². The summed E-state index contributed by atoms with van der Waals surface area (Å²) in [6, 6.07) is 5.23. The van der Waals surface area contributed by atoms with Crippen LogP contribution < -0.4 is 0 Å². The number of rotatable bonds is 2. The van der Waals surface area contributed by atoms with Crippen molar-refractivity contribution in [2.24, 2.45) is 0 Å². The number of nitrogens with zero attached hydrogens (tertiary/aromatic N) is 2. The predicted octanol–water partition coefficient (Wildman–Crippen LogP) is 4.49. The van der Waals surface area contributed by atoms with Crippen LogP contribution in [-0.2, 0) is 0 Å². The van der Waals surface area contributed by atoms with Crippen LogP contribution in [0.3, 0.4) is 0 Å². The van der Waals surface area contributed by atoms with Gasteiger partial charge in [-0.1, -0.05) is 29.3 Å². The van der Waals surface area contributed by atoms with E-state index >= 15 is 0 Å². The highest BCUT2D eigenvalue weighted by atomic mass is 35.5. The van der Waals surface area contributed by atoms with Crippen LogP contribution in [0, 0.1) is 6.92 Å². The minimum Gasteiger partial charge on any atom is -0.296 e. The maximum atomic E-state index is 11.4. The summed E-state index contributed by atoms with van der Waals surface area (Å²) in [5, 5.41) is 2.90. The summed E-state index contributed by atoms with van der Waals surface area (Å²) in [6.07, 6.45) is 0.817. The molecule has 2 aromatic heterocycles. The minimum atomic E-state index is 0.448. The Labute approximate surface area is 123 Å². The van der Waals surface area contributed by atoms with Gasteiger partial charge in [0.1, 0.15) is 11.4 Å². The number of hydrogen-bond donors (Lipinski definition) is 0. The van der Waals surface area contributed by atoms with Crippen LogP contribution in [0.5, 0.6) is 0 Å². The van der Waals surface area contributed by atoms with Crippen molar-refractivity contribution in [2.45, 2.75) is 6.92 Å². The fraction of sp³-hybridized carbons (Fsp3) is 0.0769. The monoisotopic (exact) mass is 310 g/mol. The fourth-order valence-electron chi connectivity index (χ4n) is 1.99. The molecule has 0 fully saturated rings. The molecule has 0 saturated carbocycles. The smallest absolute Gasteiger partial charge is 0.195 e. The van der Waals surface area contributed by atoms with Crippen molar-refractivity contribution in [1.82, 2.24) is 9.38 Å². The number of carbonyl (C=O) groups is 1. The van der Waals surface area contributed by atoms with E-state index in [4.69, 9.17) is 23.2 Å². The van der Waals surface area contributed by atoms with Crippen LogP contribution in [0.4, 0.5) is 0 Å². The Balaban J connectivity index is 2.29. The number of carbonyl (C=O) groups excluding carboxylic acids is 1. The highest BCUT2D eigenvalue weighted by Crippen LogP contribution is 2.31. The van der Waals surface area contributed by atoms with E-state index in [1.165, 1.54) is 11.3 Å². The molecule has 0 aliphatic heterocycles. The zero-order chi connectivity index (χ0) is 13.6. The topological polar surface area (TPSA) is 34.4 Å². The molecule has 0 aliphatic carbocycles. The van der Waals surface area contributed by atoms with E-state index < -0.39 is 0 Å². The van der Waals surface area contributed by atoms with Gasteiger partial charge in [0.05, 0.1) is 10.0 Å². The first-order chi connectivity index (χ1) is 9.11.